The number of benzene rings is 1. The highest BCUT2D eigenvalue weighted by Crippen LogP contribution is 2.30. The first-order chi connectivity index (χ1) is 13.4. The first-order valence-corrected chi connectivity index (χ1v) is 10.6. The van der Waals surface area contributed by atoms with Gasteiger partial charge in [-0.05, 0) is 43.9 Å². The van der Waals surface area contributed by atoms with E-state index in [-0.39, 0.29) is 0 Å². The van der Waals surface area contributed by atoms with Crippen molar-refractivity contribution in [2.75, 3.05) is 37.6 Å². The first kappa shape index (κ1) is 17.2. The van der Waals surface area contributed by atoms with Gasteiger partial charge in [0.2, 0.25) is 0 Å². The highest BCUT2D eigenvalue weighted by Gasteiger charge is 2.28. The Morgan fingerprint density at radius 2 is 1.89 bits per heavy atom. The van der Waals surface area contributed by atoms with Crippen LogP contribution >= 0.6 is 0 Å². The lowest BCUT2D eigenvalue weighted by molar-refractivity contribution is 0.194. The second-order valence-electron chi connectivity index (χ2n) is 8.20. The summed E-state index contributed by atoms with van der Waals surface area (Å²) in [7, 11) is 0. The van der Waals surface area contributed by atoms with Crippen LogP contribution in [-0.4, -0.2) is 52.4 Å². The Morgan fingerprint density at radius 1 is 1.00 bits per heavy atom. The number of para-hydroxylation sites is 1. The van der Waals surface area contributed by atoms with Crippen molar-refractivity contribution in [2.24, 2.45) is 0 Å². The van der Waals surface area contributed by atoms with Gasteiger partial charge in [-0.3, -0.25) is 4.90 Å². The molecule has 0 spiro atoms. The lowest BCUT2D eigenvalue weighted by Crippen LogP contribution is -2.36. The van der Waals surface area contributed by atoms with Gasteiger partial charge in [0, 0.05) is 50.9 Å². The lowest BCUT2D eigenvalue weighted by Gasteiger charge is -2.34. The quantitative estimate of drug-likeness (QED) is 0.900. The molecule has 1 unspecified atom stereocenters. The maximum absolute atomic E-state index is 4.58. The minimum atomic E-state index is 0.511. The molecule has 3 aliphatic heterocycles. The topological polar surface area (TPSA) is 49.2 Å². The molecular weight excluding hydrogens is 336 g/mol. The first-order valence-electron chi connectivity index (χ1n) is 10.6. The van der Waals surface area contributed by atoms with E-state index in [1.54, 1.807) is 0 Å². The molecule has 1 atom stereocenters. The van der Waals surface area contributed by atoms with Crippen LogP contribution in [0.1, 0.15) is 48.8 Å². The molecule has 5 rings (SSSR count). The van der Waals surface area contributed by atoms with Gasteiger partial charge < -0.3 is 14.8 Å². The highest BCUT2D eigenvalue weighted by molar-refractivity contribution is 5.54. The van der Waals surface area contributed by atoms with Gasteiger partial charge in [-0.25, -0.2) is 0 Å². The predicted molar refractivity (Wildman–Crippen MR) is 107 cm³/mol. The number of rotatable bonds is 4. The fraction of sp³-hybridized carbons (Fsp3) is 0.619. The smallest absolute Gasteiger partial charge is 0.147 e. The number of hydrogen-bond acceptors (Lipinski definition) is 5. The molecule has 27 heavy (non-hydrogen) atoms. The van der Waals surface area contributed by atoms with Crippen molar-refractivity contribution >= 4 is 5.69 Å². The van der Waals surface area contributed by atoms with Crippen LogP contribution in [0.2, 0.25) is 0 Å². The molecule has 6 nitrogen and oxygen atoms in total. The van der Waals surface area contributed by atoms with Crippen LogP contribution in [0.3, 0.4) is 0 Å². The number of piperidine rings is 1. The van der Waals surface area contributed by atoms with Gasteiger partial charge in [0.15, 0.2) is 0 Å². The van der Waals surface area contributed by atoms with Gasteiger partial charge in [-0.2, -0.15) is 0 Å². The number of likely N-dealkylation sites (tertiary alicyclic amines) is 1. The Labute approximate surface area is 161 Å². The summed E-state index contributed by atoms with van der Waals surface area (Å²) in [6, 6.07) is 9.01. The average Bonchev–Trinajstić information content (AvgIpc) is 3.39. The van der Waals surface area contributed by atoms with E-state index in [4.69, 9.17) is 0 Å². The molecule has 1 aromatic heterocycles. The fourth-order valence-electron chi connectivity index (χ4n) is 4.98. The zero-order chi connectivity index (χ0) is 18.1. The van der Waals surface area contributed by atoms with Gasteiger partial charge >= 0.3 is 0 Å². The Kier molecular flexibility index (Phi) is 4.84. The summed E-state index contributed by atoms with van der Waals surface area (Å²) >= 11 is 0. The zero-order valence-electron chi connectivity index (χ0n) is 16.1. The van der Waals surface area contributed by atoms with Crippen molar-refractivity contribution in [3.8, 4) is 0 Å². The van der Waals surface area contributed by atoms with Crippen molar-refractivity contribution in [3.63, 3.8) is 0 Å². The summed E-state index contributed by atoms with van der Waals surface area (Å²) in [5.41, 5.74) is 2.93. The van der Waals surface area contributed by atoms with E-state index < -0.39 is 0 Å². The van der Waals surface area contributed by atoms with Gasteiger partial charge in [0.05, 0.1) is 6.54 Å². The molecule has 0 bridgehead atoms. The third-order valence-corrected chi connectivity index (χ3v) is 6.35. The molecule has 0 radical (unpaired) electrons. The maximum atomic E-state index is 4.58. The number of aromatic nitrogens is 3. The molecule has 2 fully saturated rings. The Balaban J connectivity index is 1.32. The third kappa shape index (κ3) is 3.48. The van der Waals surface area contributed by atoms with E-state index in [2.05, 4.69) is 54.1 Å². The molecule has 1 N–H and O–H groups in total. The number of hydrogen-bond donors (Lipinski definition) is 1. The number of nitrogens with one attached hydrogen (secondary N) is 1. The Bertz CT molecular complexity index is 779. The molecule has 0 aliphatic carbocycles. The largest absolute Gasteiger partial charge is 0.371 e. The summed E-state index contributed by atoms with van der Waals surface area (Å²) in [5.74, 6) is 2.83. The number of nitrogens with zero attached hydrogens (tertiary/aromatic N) is 5. The second kappa shape index (κ2) is 7.60. The SMILES string of the molecule is c1ccc(N2CCCC2)c(CN2CCCC(c3nnc4n3CCNC4)C2)c1. The standard InChI is InChI=1S/C21H30N6/c1-2-8-19(26-11-3-4-12-26)17(6-1)15-25-10-5-7-18(16-25)21-24-23-20-14-22-9-13-27(20)21/h1-2,6,8,18,22H,3-5,7,9-16H2. The monoisotopic (exact) mass is 366 g/mol. The summed E-state index contributed by atoms with van der Waals surface area (Å²) in [6.07, 6.45) is 5.13. The molecule has 6 heteroatoms. The van der Waals surface area contributed by atoms with Crippen molar-refractivity contribution in [1.82, 2.24) is 25.0 Å². The van der Waals surface area contributed by atoms with Crippen LogP contribution in [0.25, 0.3) is 0 Å². The van der Waals surface area contributed by atoms with Crippen LogP contribution in [0.5, 0.6) is 0 Å². The van der Waals surface area contributed by atoms with Crippen LogP contribution in [0, 0.1) is 0 Å². The van der Waals surface area contributed by atoms with Crippen molar-refractivity contribution < 1.29 is 0 Å². The highest BCUT2D eigenvalue weighted by atomic mass is 15.3. The lowest BCUT2D eigenvalue weighted by atomic mass is 9.96. The molecule has 0 saturated carbocycles. The predicted octanol–water partition coefficient (Wildman–Crippen LogP) is 2.36. The number of fused-ring (bicyclic) bond motifs is 1. The van der Waals surface area contributed by atoms with E-state index in [0.717, 1.165) is 38.5 Å². The summed E-state index contributed by atoms with van der Waals surface area (Å²) in [4.78, 5) is 5.20. The summed E-state index contributed by atoms with van der Waals surface area (Å²) in [5, 5.41) is 12.4. The van der Waals surface area contributed by atoms with Crippen LogP contribution < -0.4 is 10.2 Å². The minimum absolute atomic E-state index is 0.511. The van der Waals surface area contributed by atoms with Gasteiger partial charge in [-0.1, -0.05) is 18.2 Å². The molecule has 2 aromatic rings. The molecule has 3 aliphatic rings. The maximum Gasteiger partial charge on any atom is 0.147 e. The summed E-state index contributed by atoms with van der Waals surface area (Å²) < 4.78 is 2.36. The van der Waals surface area contributed by atoms with Crippen LogP contribution in [0.4, 0.5) is 5.69 Å². The van der Waals surface area contributed by atoms with Crippen molar-refractivity contribution in [2.45, 2.75) is 51.2 Å². The van der Waals surface area contributed by atoms with Gasteiger partial charge in [0.25, 0.3) is 0 Å². The molecule has 4 heterocycles. The van der Waals surface area contributed by atoms with Crippen molar-refractivity contribution in [1.29, 1.82) is 0 Å². The van der Waals surface area contributed by atoms with E-state index in [0.29, 0.717) is 5.92 Å². The fourth-order valence-corrected chi connectivity index (χ4v) is 4.98. The van der Waals surface area contributed by atoms with Crippen LogP contribution in [-0.2, 0) is 19.6 Å². The summed E-state index contributed by atoms with van der Waals surface area (Å²) in [6.45, 7) is 8.63. The van der Waals surface area contributed by atoms with Gasteiger partial charge in [-0.15, -0.1) is 10.2 Å². The molecule has 2 saturated heterocycles. The van der Waals surface area contributed by atoms with E-state index >= 15 is 0 Å². The van der Waals surface area contributed by atoms with Crippen molar-refractivity contribution in [3.05, 3.63) is 41.5 Å². The minimum Gasteiger partial charge on any atom is -0.371 e. The van der Waals surface area contributed by atoms with E-state index in [1.165, 1.54) is 62.4 Å². The molecule has 0 amide bonds. The Morgan fingerprint density at radius 3 is 2.81 bits per heavy atom. The number of anilines is 1. The second-order valence-corrected chi connectivity index (χ2v) is 8.20. The van der Waals surface area contributed by atoms with Gasteiger partial charge in [0.1, 0.15) is 11.6 Å². The third-order valence-electron chi connectivity index (χ3n) is 6.35. The Hall–Kier alpha value is -1.92. The van der Waals surface area contributed by atoms with E-state index in [9.17, 15) is 0 Å². The molecule has 1 aromatic carbocycles. The normalized spacial score (nSPS) is 23.6. The van der Waals surface area contributed by atoms with E-state index in [1.807, 2.05) is 0 Å². The molecule has 144 valence electrons. The average molecular weight is 367 g/mol. The molecular formula is C21H30N6. The van der Waals surface area contributed by atoms with Crippen LogP contribution in [0.15, 0.2) is 24.3 Å². The zero-order valence-corrected chi connectivity index (χ0v) is 16.1.